The Balaban J connectivity index is 2.86. The van der Waals surface area contributed by atoms with E-state index in [0.29, 0.717) is 15.2 Å². The van der Waals surface area contributed by atoms with Crippen LogP contribution in [0.5, 0.6) is 0 Å². The van der Waals surface area contributed by atoms with E-state index >= 15 is 0 Å². The zero-order valence-electron chi connectivity index (χ0n) is 13.3. The monoisotopic (exact) mass is 376 g/mol. The van der Waals surface area contributed by atoms with E-state index in [2.05, 4.69) is 4.74 Å². The number of nitrogens with zero attached hydrogens (tertiary/aromatic N) is 2. The molecule has 6 nitrogen and oxygen atoms in total. The van der Waals surface area contributed by atoms with Crippen LogP contribution in [0.2, 0.25) is 5.02 Å². The number of methoxy groups -OCH3 is 1. The van der Waals surface area contributed by atoms with Gasteiger partial charge in [0, 0.05) is 13.1 Å². The van der Waals surface area contributed by atoms with E-state index in [1.165, 1.54) is 19.1 Å². The van der Waals surface area contributed by atoms with Crippen molar-refractivity contribution < 1.29 is 22.7 Å². The van der Waals surface area contributed by atoms with Gasteiger partial charge < -0.3 is 4.74 Å². The van der Waals surface area contributed by atoms with E-state index < -0.39 is 29.1 Å². The lowest BCUT2D eigenvalue weighted by molar-refractivity contribution is -0.144. The first-order chi connectivity index (χ1) is 11.5. The third-order valence-corrected chi connectivity index (χ3v) is 3.94. The van der Waals surface area contributed by atoms with Gasteiger partial charge in [0.1, 0.15) is 5.69 Å². The summed E-state index contributed by atoms with van der Waals surface area (Å²) in [6, 6.07) is 2.83. The maximum absolute atomic E-state index is 12.9. The van der Waals surface area contributed by atoms with Crippen LogP contribution in [0.25, 0.3) is 5.69 Å². The highest BCUT2D eigenvalue weighted by molar-refractivity contribution is 6.33. The summed E-state index contributed by atoms with van der Waals surface area (Å²) >= 11 is 5.94. The van der Waals surface area contributed by atoms with Gasteiger partial charge in [0.05, 0.1) is 23.4 Å². The third-order valence-electron chi connectivity index (χ3n) is 3.63. The number of carbonyl (C=O) groups is 1. The number of esters is 1. The molecule has 0 aliphatic heterocycles. The van der Waals surface area contributed by atoms with Crippen LogP contribution >= 0.6 is 11.6 Å². The van der Waals surface area contributed by atoms with Crippen LogP contribution in [0, 0.1) is 6.92 Å². The van der Waals surface area contributed by atoms with Crippen LogP contribution < -0.4 is 11.2 Å². The minimum Gasteiger partial charge on any atom is -0.465 e. The van der Waals surface area contributed by atoms with Gasteiger partial charge in [-0.3, -0.25) is 9.36 Å². The Bertz CT molecular complexity index is 976. The number of alkyl halides is 3. The molecule has 25 heavy (non-hydrogen) atoms. The smallest absolute Gasteiger partial charge is 0.431 e. The van der Waals surface area contributed by atoms with Gasteiger partial charge in [-0.25, -0.2) is 14.2 Å². The normalized spacial score (nSPS) is 11.5. The molecule has 0 bridgehead atoms. The van der Waals surface area contributed by atoms with Gasteiger partial charge in [-0.1, -0.05) is 11.6 Å². The van der Waals surface area contributed by atoms with Gasteiger partial charge in [0.2, 0.25) is 0 Å². The van der Waals surface area contributed by atoms with Gasteiger partial charge in [-0.15, -0.1) is 0 Å². The first-order valence-corrected chi connectivity index (χ1v) is 7.16. The third kappa shape index (κ3) is 3.19. The minimum absolute atomic E-state index is 0.0184. The molecule has 1 heterocycles. The highest BCUT2D eigenvalue weighted by Gasteiger charge is 2.35. The summed E-state index contributed by atoms with van der Waals surface area (Å²) in [6.07, 6.45) is -4.86. The van der Waals surface area contributed by atoms with E-state index in [4.69, 9.17) is 11.6 Å². The van der Waals surface area contributed by atoms with Crippen molar-refractivity contribution in [3.63, 3.8) is 0 Å². The zero-order valence-corrected chi connectivity index (χ0v) is 14.0. The Morgan fingerprint density at radius 3 is 2.36 bits per heavy atom. The summed E-state index contributed by atoms with van der Waals surface area (Å²) in [5.74, 6) is -0.805. The molecule has 0 atom stereocenters. The molecule has 0 aliphatic rings. The average molecular weight is 377 g/mol. The molecule has 0 spiro atoms. The van der Waals surface area contributed by atoms with E-state index in [-0.39, 0.29) is 21.8 Å². The molecular formula is C15H12ClF3N2O4. The summed E-state index contributed by atoms with van der Waals surface area (Å²) in [5.41, 5.74) is -3.80. The molecule has 1 aromatic carbocycles. The van der Waals surface area contributed by atoms with E-state index in [1.54, 1.807) is 0 Å². The number of carbonyl (C=O) groups excluding carboxylic acids is 1. The summed E-state index contributed by atoms with van der Waals surface area (Å²) in [5, 5.41) is 0.0184. The van der Waals surface area contributed by atoms with Gasteiger partial charge in [-0.2, -0.15) is 13.2 Å². The van der Waals surface area contributed by atoms with Crippen LogP contribution in [0.15, 0.2) is 27.8 Å². The van der Waals surface area contributed by atoms with Crippen LogP contribution in [-0.4, -0.2) is 22.2 Å². The van der Waals surface area contributed by atoms with Crippen molar-refractivity contribution in [2.45, 2.75) is 13.1 Å². The number of aromatic nitrogens is 2. The molecule has 0 N–H and O–H groups in total. The quantitative estimate of drug-likeness (QED) is 0.754. The molecule has 2 aromatic rings. The molecule has 0 amide bonds. The lowest BCUT2D eigenvalue weighted by atomic mass is 10.1. The number of hydrogen-bond donors (Lipinski definition) is 0. The fourth-order valence-corrected chi connectivity index (χ4v) is 2.66. The fourth-order valence-electron chi connectivity index (χ4n) is 2.38. The van der Waals surface area contributed by atoms with Crippen LogP contribution in [0.1, 0.15) is 21.6 Å². The molecule has 0 unspecified atom stereocenters. The number of benzene rings is 1. The maximum Gasteiger partial charge on any atom is 0.431 e. The predicted molar refractivity (Wildman–Crippen MR) is 83.4 cm³/mol. The van der Waals surface area contributed by atoms with Gasteiger partial charge >= 0.3 is 17.8 Å². The van der Waals surface area contributed by atoms with E-state index in [0.717, 1.165) is 14.2 Å². The highest BCUT2D eigenvalue weighted by Crippen LogP contribution is 2.28. The molecule has 2 rings (SSSR count). The Labute approximate surface area is 144 Å². The molecular weight excluding hydrogens is 365 g/mol. The summed E-state index contributed by atoms with van der Waals surface area (Å²) in [7, 11) is 2.02. The summed E-state index contributed by atoms with van der Waals surface area (Å²) in [6.45, 7) is 1.40. The van der Waals surface area contributed by atoms with Crippen molar-refractivity contribution in [1.29, 1.82) is 0 Å². The molecule has 10 heteroatoms. The number of halogens is 4. The zero-order chi connectivity index (χ0) is 19.1. The van der Waals surface area contributed by atoms with Crippen molar-refractivity contribution >= 4 is 17.6 Å². The first kappa shape index (κ1) is 18.8. The second-order valence-corrected chi connectivity index (χ2v) is 5.51. The maximum atomic E-state index is 12.9. The van der Waals surface area contributed by atoms with Crippen LogP contribution in [0.4, 0.5) is 13.2 Å². The lowest BCUT2D eigenvalue weighted by Crippen LogP contribution is -2.41. The van der Waals surface area contributed by atoms with Gasteiger partial charge in [-0.05, 0) is 24.6 Å². The second kappa shape index (κ2) is 6.40. The average Bonchev–Trinajstić information content (AvgIpc) is 2.51. The summed E-state index contributed by atoms with van der Waals surface area (Å²) in [4.78, 5) is 36.3. The predicted octanol–water partition coefficient (Wildman–Crippen LogP) is 2.30. The van der Waals surface area contributed by atoms with Crippen LogP contribution in [0.3, 0.4) is 0 Å². The Kier molecular flexibility index (Phi) is 4.81. The van der Waals surface area contributed by atoms with Crippen molar-refractivity contribution in [2.75, 3.05) is 7.11 Å². The lowest BCUT2D eigenvalue weighted by Gasteiger charge is -2.16. The highest BCUT2D eigenvalue weighted by atomic mass is 35.5. The van der Waals surface area contributed by atoms with Crippen molar-refractivity contribution in [3.8, 4) is 5.69 Å². The molecule has 134 valence electrons. The molecule has 0 radical (unpaired) electrons. The van der Waals surface area contributed by atoms with E-state index in [9.17, 15) is 27.6 Å². The molecule has 1 aromatic heterocycles. The number of rotatable bonds is 2. The standard InChI is InChI=1S/C15H12ClF3N2O4/c1-7-9(5-4-8(16)12(7)13(23)25-3)21-11(22)6-10(15(17,18)19)20(2)14(21)24/h4-6H,1-3H3. The topological polar surface area (TPSA) is 70.3 Å². The van der Waals surface area contributed by atoms with Gasteiger partial charge in [0.15, 0.2) is 0 Å². The Hall–Kier alpha value is -2.55. The largest absolute Gasteiger partial charge is 0.465 e. The number of ether oxygens (including phenoxy) is 1. The Morgan fingerprint density at radius 1 is 1.24 bits per heavy atom. The van der Waals surface area contributed by atoms with Crippen molar-refractivity contribution in [1.82, 2.24) is 9.13 Å². The Morgan fingerprint density at radius 2 is 1.84 bits per heavy atom. The number of hydrogen-bond acceptors (Lipinski definition) is 4. The van der Waals surface area contributed by atoms with E-state index in [1.807, 2.05) is 0 Å². The second-order valence-electron chi connectivity index (χ2n) is 5.10. The molecule has 0 saturated carbocycles. The van der Waals surface area contributed by atoms with Gasteiger partial charge in [0.25, 0.3) is 5.56 Å². The SMILES string of the molecule is COC(=O)c1c(Cl)ccc(-n2c(=O)cc(C(F)(F)F)n(C)c2=O)c1C. The first-order valence-electron chi connectivity index (χ1n) is 6.78. The van der Waals surface area contributed by atoms with Crippen molar-refractivity contribution in [3.05, 3.63) is 60.9 Å². The van der Waals surface area contributed by atoms with Crippen LogP contribution in [-0.2, 0) is 18.0 Å². The van der Waals surface area contributed by atoms with Crippen molar-refractivity contribution in [2.24, 2.45) is 7.05 Å². The molecule has 0 saturated heterocycles. The molecule has 0 aliphatic carbocycles. The minimum atomic E-state index is -4.86. The molecule has 0 fully saturated rings. The summed E-state index contributed by atoms with van der Waals surface area (Å²) < 4.78 is 44.2. The fraction of sp³-hybridized carbons (Fsp3) is 0.267.